The van der Waals surface area contributed by atoms with Gasteiger partial charge in [-0.1, -0.05) is 0 Å². The Hall–Kier alpha value is 0.320. The molecular weight excluding hydrogens is 190 g/mol. The lowest BCUT2D eigenvalue weighted by atomic mass is 10.8. The summed E-state index contributed by atoms with van der Waals surface area (Å²) in [6, 6.07) is 0. The van der Waals surface area contributed by atoms with Crippen molar-refractivity contribution < 1.29 is 31.9 Å². The van der Waals surface area contributed by atoms with Crippen LogP contribution in [0, 0.1) is 14.8 Å². The first-order valence-corrected chi connectivity index (χ1v) is 4.19. The summed E-state index contributed by atoms with van der Waals surface area (Å²) in [7, 11) is 8.50. The Morgan fingerprint density at radius 3 is 0.889 bits per heavy atom. The van der Waals surface area contributed by atoms with E-state index in [0.29, 0.717) is 0 Å². The second kappa shape index (κ2) is 5.13. The monoisotopic (exact) mass is 201 g/mol. The van der Waals surface area contributed by atoms with Crippen LogP contribution in [0.4, 0.5) is 0 Å². The highest BCUT2D eigenvalue weighted by atomic mass is 80.0. The Balaban J connectivity index is 0. The third kappa shape index (κ3) is 3250. The summed E-state index contributed by atoms with van der Waals surface area (Å²) in [4.78, 5) is 0. The van der Waals surface area contributed by atoms with Crippen LogP contribution in [0.15, 0.2) is 0 Å². The fraction of sp³-hybridized carbons (Fsp3) is 1.00. The smallest absolute Gasteiger partial charge is 0.216 e. The number of halogens is 1. The normalized spacial score (nSPS) is 10.7. The Labute approximate surface area is 60.8 Å². The van der Waals surface area contributed by atoms with Crippen molar-refractivity contribution in [2.24, 2.45) is 0 Å². The van der Waals surface area contributed by atoms with Gasteiger partial charge in [0.05, 0.1) is 28.2 Å². The summed E-state index contributed by atoms with van der Waals surface area (Å²) < 4.78 is 26.6. The van der Waals surface area contributed by atoms with Gasteiger partial charge in [-0.05, 0) is 0 Å². The van der Waals surface area contributed by atoms with Crippen molar-refractivity contribution in [3.05, 3.63) is 0 Å². The zero-order chi connectivity index (χ0) is 8.08. The number of nitrogens with zero attached hydrogens (tertiary/aromatic N) is 1. The molecule has 58 valence electrons. The summed E-state index contributed by atoms with van der Waals surface area (Å²) in [5, 5.41) is 0. The molecule has 0 fully saturated rings. The summed E-state index contributed by atoms with van der Waals surface area (Å²) >= 11 is -3.65. The van der Waals surface area contributed by atoms with Crippen LogP contribution >= 0.6 is 0 Å². The summed E-state index contributed by atoms with van der Waals surface area (Å²) in [5.41, 5.74) is 0. The van der Waals surface area contributed by atoms with Crippen LogP contribution in [0.25, 0.3) is 0 Å². The summed E-state index contributed by atoms with van der Waals surface area (Å²) in [6.07, 6.45) is 0. The van der Waals surface area contributed by atoms with E-state index in [1.54, 1.807) is 0 Å². The number of quaternary nitrogens is 1. The molecule has 0 heterocycles. The van der Waals surface area contributed by atoms with E-state index in [1.807, 2.05) is 0 Å². The average molecular weight is 202 g/mol. The molecular formula is C4H12BrNO3. The molecule has 0 atom stereocenters. The van der Waals surface area contributed by atoms with Crippen molar-refractivity contribution in [2.75, 3.05) is 28.2 Å². The zero-order valence-corrected chi connectivity index (χ0v) is 7.64. The second-order valence-electron chi connectivity index (χ2n) is 2.87. The summed E-state index contributed by atoms with van der Waals surface area (Å²) in [6.45, 7) is 0. The highest BCUT2D eigenvalue weighted by Gasteiger charge is 1.88. The average Bonchev–Trinajstić information content (AvgIpc) is 1.19. The topological polar surface area (TPSA) is 69.2 Å². The van der Waals surface area contributed by atoms with E-state index in [1.165, 1.54) is 0 Å². The van der Waals surface area contributed by atoms with E-state index in [0.717, 1.165) is 4.48 Å². The third-order valence-corrected chi connectivity index (χ3v) is 0. The van der Waals surface area contributed by atoms with Crippen LogP contribution in [-0.4, -0.2) is 32.7 Å². The Kier molecular flexibility index (Phi) is 6.87. The largest absolute Gasteiger partial charge is 0.405 e. The van der Waals surface area contributed by atoms with Gasteiger partial charge in [-0.3, -0.25) is 0 Å². The van der Waals surface area contributed by atoms with Crippen LogP contribution < -0.4 is 12.6 Å². The minimum Gasteiger partial charge on any atom is -0.405 e. The maximum Gasteiger partial charge on any atom is 0.216 e. The van der Waals surface area contributed by atoms with Gasteiger partial charge in [-0.15, -0.1) is 0 Å². The van der Waals surface area contributed by atoms with Crippen molar-refractivity contribution in [1.29, 1.82) is 0 Å². The van der Waals surface area contributed by atoms with E-state index in [4.69, 9.17) is 12.6 Å². The van der Waals surface area contributed by atoms with Crippen molar-refractivity contribution in [3.63, 3.8) is 0 Å². The van der Waals surface area contributed by atoms with E-state index >= 15 is 0 Å². The first-order valence-electron chi connectivity index (χ1n) is 2.25. The minimum atomic E-state index is -3.65. The van der Waals surface area contributed by atoms with Gasteiger partial charge >= 0.3 is 0 Å². The molecule has 0 aromatic carbocycles. The molecule has 4 nitrogen and oxygen atoms in total. The molecule has 0 radical (unpaired) electrons. The maximum absolute atomic E-state index is 8.52. The van der Waals surface area contributed by atoms with Gasteiger partial charge in [-0.25, -0.2) is 0 Å². The molecule has 0 N–H and O–H groups in total. The molecule has 0 amide bonds. The lowest BCUT2D eigenvalue weighted by Crippen LogP contribution is -2.42. The van der Waals surface area contributed by atoms with Gasteiger partial charge in [-0.2, -0.15) is 0 Å². The molecule has 0 aliphatic heterocycles. The Morgan fingerprint density at radius 1 is 0.889 bits per heavy atom. The molecule has 0 spiro atoms. The maximum atomic E-state index is 8.52. The van der Waals surface area contributed by atoms with Crippen LogP contribution in [0.2, 0.25) is 0 Å². The molecule has 0 bridgehead atoms. The lowest BCUT2D eigenvalue weighted by Gasteiger charge is -2.14. The molecule has 5 heteroatoms. The molecule has 0 saturated carbocycles. The van der Waals surface area contributed by atoms with Crippen molar-refractivity contribution >= 4 is 0 Å². The van der Waals surface area contributed by atoms with Gasteiger partial charge in [0, 0.05) is 0 Å². The summed E-state index contributed by atoms with van der Waals surface area (Å²) in [5.74, 6) is 0. The Bertz CT molecular complexity index is 52.6. The van der Waals surface area contributed by atoms with Crippen molar-refractivity contribution in [2.45, 2.75) is 0 Å². The first-order chi connectivity index (χ1) is 3.73. The quantitative estimate of drug-likeness (QED) is 0.387. The highest BCUT2D eigenvalue weighted by Crippen LogP contribution is 1.73. The van der Waals surface area contributed by atoms with Crippen molar-refractivity contribution in [3.8, 4) is 0 Å². The second-order valence-corrected chi connectivity index (χ2v) is 3.67. The van der Waals surface area contributed by atoms with E-state index in [2.05, 4.69) is 28.2 Å². The molecule has 0 unspecified atom stereocenters. The van der Waals surface area contributed by atoms with Gasteiger partial charge in [0.25, 0.3) is 0 Å². The van der Waals surface area contributed by atoms with E-state index in [-0.39, 0.29) is 0 Å². The molecule has 9 heavy (non-hydrogen) atoms. The first kappa shape index (κ1) is 12.0. The Morgan fingerprint density at radius 2 is 0.889 bits per heavy atom. The van der Waals surface area contributed by atoms with Crippen LogP contribution in [0.5, 0.6) is 0 Å². The number of rotatable bonds is 0. The predicted octanol–water partition coefficient (Wildman–Crippen LogP) is -3.24. The molecule has 0 saturated heterocycles. The zero-order valence-electron chi connectivity index (χ0n) is 6.05. The number of hydrogen-bond acceptors (Lipinski definition) is 3. The fourth-order valence-electron chi connectivity index (χ4n) is 0. The minimum absolute atomic E-state index is 1.00. The van der Waals surface area contributed by atoms with Crippen LogP contribution in [0.3, 0.4) is 0 Å². The molecule has 0 aromatic heterocycles. The third-order valence-electron chi connectivity index (χ3n) is 0. The predicted molar refractivity (Wildman–Crippen MR) is 24.0 cm³/mol. The van der Waals surface area contributed by atoms with Crippen molar-refractivity contribution in [1.82, 2.24) is 0 Å². The van der Waals surface area contributed by atoms with Gasteiger partial charge in [0.1, 0.15) is 0 Å². The molecule has 0 aliphatic rings. The molecule has 0 aliphatic carbocycles. The van der Waals surface area contributed by atoms with Gasteiger partial charge in [0.2, 0.25) is 14.8 Å². The SMILES string of the molecule is C[N+](C)(C)C.[O-][Br+2]([O-])[O-]. The molecule has 0 aromatic rings. The lowest BCUT2D eigenvalue weighted by molar-refractivity contribution is -1.73. The fourth-order valence-corrected chi connectivity index (χ4v) is 0. The van der Waals surface area contributed by atoms with E-state index in [9.17, 15) is 0 Å². The standard InChI is InChI=1S/C4H12N.BrO3/c1-5(2,3)4;2-1(3)4/h1-4H3;/q+1;-1. The van der Waals surface area contributed by atoms with Crippen LogP contribution in [0.1, 0.15) is 0 Å². The molecule has 0 rings (SSSR count). The van der Waals surface area contributed by atoms with Crippen LogP contribution in [-0.2, 0) is 0 Å². The number of hydrogen-bond donors (Lipinski definition) is 0. The van der Waals surface area contributed by atoms with Gasteiger partial charge < -0.3 is 17.1 Å². The highest BCUT2D eigenvalue weighted by molar-refractivity contribution is 3.87. The van der Waals surface area contributed by atoms with Gasteiger partial charge in [0.15, 0.2) is 0 Å². The van der Waals surface area contributed by atoms with E-state index < -0.39 is 14.8 Å².